The van der Waals surface area contributed by atoms with Crippen molar-refractivity contribution in [1.29, 1.82) is 0 Å². The minimum Gasteiger partial charge on any atom is -0.458 e. The van der Waals surface area contributed by atoms with Crippen molar-refractivity contribution in [2.24, 2.45) is 5.41 Å². The summed E-state index contributed by atoms with van der Waals surface area (Å²) in [6.45, 7) is 11.0. The van der Waals surface area contributed by atoms with Gasteiger partial charge >= 0.3 is 18.2 Å². The number of alkyl halides is 3. The molecule has 2 amide bonds. The molecule has 1 aliphatic heterocycles. The van der Waals surface area contributed by atoms with Crippen molar-refractivity contribution in [3.63, 3.8) is 0 Å². The lowest BCUT2D eigenvalue weighted by atomic mass is 9.85. The molecule has 8 heteroatoms. The van der Waals surface area contributed by atoms with Gasteiger partial charge in [-0.3, -0.25) is 0 Å². The van der Waals surface area contributed by atoms with E-state index in [-0.39, 0.29) is 25.2 Å². The molecule has 1 aliphatic rings. The summed E-state index contributed by atoms with van der Waals surface area (Å²) in [6.07, 6.45) is -4.50. The fourth-order valence-corrected chi connectivity index (χ4v) is 3.43. The van der Waals surface area contributed by atoms with Crippen molar-refractivity contribution in [1.82, 2.24) is 9.80 Å². The summed E-state index contributed by atoms with van der Waals surface area (Å²) in [5.41, 5.74) is -2.04. The number of urea groups is 1. The van der Waals surface area contributed by atoms with Crippen LogP contribution in [0, 0.1) is 5.41 Å². The van der Waals surface area contributed by atoms with Crippen LogP contribution < -0.4 is 0 Å². The maximum Gasteiger partial charge on any atom is 0.416 e. The first-order valence-electron chi connectivity index (χ1n) is 9.55. The Morgan fingerprint density at radius 3 is 2.17 bits per heavy atom. The van der Waals surface area contributed by atoms with E-state index >= 15 is 0 Å². The van der Waals surface area contributed by atoms with Gasteiger partial charge in [-0.25, -0.2) is 9.59 Å². The molecular formula is C21H29F3N2O3. The predicted molar refractivity (Wildman–Crippen MR) is 103 cm³/mol. The lowest BCUT2D eigenvalue weighted by Crippen LogP contribution is -2.52. The van der Waals surface area contributed by atoms with Gasteiger partial charge in [0.25, 0.3) is 0 Å². The number of halogens is 3. The number of esters is 1. The summed E-state index contributed by atoms with van der Waals surface area (Å²) in [7, 11) is 0. The third kappa shape index (κ3) is 5.64. The molecule has 1 saturated heterocycles. The Labute approximate surface area is 169 Å². The highest BCUT2D eigenvalue weighted by molar-refractivity contribution is 5.85. The van der Waals surface area contributed by atoms with Crippen LogP contribution in [0.4, 0.5) is 18.0 Å². The highest BCUT2D eigenvalue weighted by Crippen LogP contribution is 2.34. The van der Waals surface area contributed by atoms with E-state index in [0.717, 1.165) is 6.07 Å². The topological polar surface area (TPSA) is 49.9 Å². The molecule has 162 valence electrons. The quantitative estimate of drug-likeness (QED) is 0.671. The van der Waals surface area contributed by atoms with Crippen LogP contribution in [0.3, 0.4) is 0 Å². The zero-order valence-electron chi connectivity index (χ0n) is 17.8. The van der Waals surface area contributed by atoms with Crippen molar-refractivity contribution in [3.05, 3.63) is 35.4 Å². The first kappa shape index (κ1) is 23.0. The molecule has 1 atom stereocenters. The molecule has 0 bridgehead atoms. The molecule has 1 heterocycles. The van der Waals surface area contributed by atoms with Crippen molar-refractivity contribution in [2.75, 3.05) is 13.1 Å². The average Bonchev–Trinajstić information content (AvgIpc) is 2.85. The summed E-state index contributed by atoms with van der Waals surface area (Å²) in [4.78, 5) is 28.5. The Balaban J connectivity index is 2.25. The van der Waals surface area contributed by atoms with E-state index in [2.05, 4.69) is 0 Å². The van der Waals surface area contributed by atoms with Crippen LogP contribution in [0.5, 0.6) is 0 Å². The van der Waals surface area contributed by atoms with Crippen LogP contribution >= 0.6 is 0 Å². The summed E-state index contributed by atoms with van der Waals surface area (Å²) in [6, 6.07) is 3.91. The lowest BCUT2D eigenvalue weighted by molar-refractivity contribution is -0.164. The van der Waals surface area contributed by atoms with E-state index in [0.29, 0.717) is 0 Å². The fourth-order valence-electron chi connectivity index (χ4n) is 3.43. The second-order valence-corrected chi connectivity index (χ2v) is 9.35. The van der Waals surface area contributed by atoms with E-state index in [4.69, 9.17) is 4.74 Å². The van der Waals surface area contributed by atoms with E-state index in [1.165, 1.54) is 28.0 Å². The molecule has 0 unspecified atom stereocenters. The van der Waals surface area contributed by atoms with Crippen molar-refractivity contribution in [2.45, 2.75) is 65.9 Å². The maximum absolute atomic E-state index is 13.3. The molecule has 0 spiro atoms. The van der Waals surface area contributed by atoms with E-state index in [1.807, 2.05) is 20.8 Å². The SMILES string of the molecule is CC(C)(C)OC(=O)[C@@H](N1CCN(Cc2ccccc2C(F)(F)F)C1=O)C(C)(C)C. The van der Waals surface area contributed by atoms with Crippen molar-refractivity contribution >= 4 is 12.0 Å². The average molecular weight is 414 g/mol. The van der Waals surface area contributed by atoms with Gasteiger partial charge in [0.15, 0.2) is 0 Å². The molecule has 2 rings (SSSR count). The molecule has 0 N–H and O–H groups in total. The second kappa shape index (κ2) is 7.88. The number of benzene rings is 1. The van der Waals surface area contributed by atoms with Crippen molar-refractivity contribution in [3.8, 4) is 0 Å². The molecule has 5 nitrogen and oxygen atoms in total. The molecule has 0 aromatic heterocycles. The Morgan fingerprint density at radius 2 is 1.66 bits per heavy atom. The summed E-state index contributed by atoms with van der Waals surface area (Å²) in [5.74, 6) is -0.518. The number of rotatable bonds is 4. The van der Waals surface area contributed by atoms with Gasteiger partial charge < -0.3 is 14.5 Å². The number of ether oxygens (including phenoxy) is 1. The van der Waals surface area contributed by atoms with Gasteiger partial charge in [0.05, 0.1) is 5.56 Å². The van der Waals surface area contributed by atoms with E-state index in [9.17, 15) is 22.8 Å². The number of carbonyl (C=O) groups excluding carboxylic acids is 2. The maximum atomic E-state index is 13.3. The second-order valence-electron chi connectivity index (χ2n) is 9.35. The van der Waals surface area contributed by atoms with Gasteiger partial charge in [0.1, 0.15) is 11.6 Å². The molecule has 1 aromatic carbocycles. The highest BCUT2D eigenvalue weighted by Gasteiger charge is 2.45. The molecule has 1 fully saturated rings. The Hall–Kier alpha value is -2.25. The summed E-state index contributed by atoms with van der Waals surface area (Å²) < 4.78 is 45.3. The van der Waals surface area contributed by atoms with Gasteiger partial charge in [-0.2, -0.15) is 13.2 Å². The van der Waals surface area contributed by atoms with Crippen LogP contribution in [0.15, 0.2) is 24.3 Å². The van der Waals surface area contributed by atoms with Gasteiger partial charge in [0.2, 0.25) is 0 Å². The summed E-state index contributed by atoms with van der Waals surface area (Å²) >= 11 is 0. The number of amides is 2. The normalized spacial score (nSPS) is 16.9. The minimum absolute atomic E-state index is 0.0276. The van der Waals surface area contributed by atoms with Gasteiger partial charge in [-0.15, -0.1) is 0 Å². The first-order chi connectivity index (χ1) is 13.1. The molecular weight excluding hydrogens is 385 g/mol. The largest absolute Gasteiger partial charge is 0.458 e. The van der Waals surface area contributed by atoms with Gasteiger partial charge in [-0.1, -0.05) is 39.0 Å². The van der Waals surface area contributed by atoms with Crippen LogP contribution in [-0.2, 0) is 22.3 Å². The molecule has 0 saturated carbocycles. The van der Waals surface area contributed by atoms with E-state index in [1.54, 1.807) is 20.8 Å². The predicted octanol–water partition coefficient (Wildman–Crippen LogP) is 4.70. The third-order valence-corrected chi connectivity index (χ3v) is 4.57. The van der Waals surface area contributed by atoms with Crippen LogP contribution in [0.1, 0.15) is 52.7 Å². The number of carbonyl (C=O) groups is 2. The summed E-state index contributed by atoms with van der Waals surface area (Å²) in [5, 5.41) is 0. The zero-order valence-corrected chi connectivity index (χ0v) is 17.8. The smallest absolute Gasteiger partial charge is 0.416 e. The zero-order chi connectivity index (χ0) is 22.2. The Bertz CT molecular complexity index is 764. The monoisotopic (exact) mass is 414 g/mol. The number of hydrogen-bond acceptors (Lipinski definition) is 3. The Kier molecular flexibility index (Phi) is 6.26. The highest BCUT2D eigenvalue weighted by atomic mass is 19.4. The van der Waals surface area contributed by atoms with Crippen LogP contribution in [0.2, 0.25) is 0 Å². The standard InChI is InChI=1S/C21H29F3N2O3/c1-19(2,3)16(17(27)29-20(4,5)6)26-12-11-25(18(26)28)13-14-9-7-8-10-15(14)21(22,23)24/h7-10,16H,11-13H2,1-6H3/t16-/m1/s1. The minimum atomic E-state index is -4.50. The fraction of sp³-hybridized carbons (Fsp3) is 0.619. The third-order valence-electron chi connectivity index (χ3n) is 4.57. The molecule has 0 aliphatic carbocycles. The molecule has 0 radical (unpaired) electrons. The van der Waals surface area contributed by atoms with Crippen LogP contribution in [0.25, 0.3) is 0 Å². The van der Waals surface area contributed by atoms with E-state index < -0.39 is 40.8 Å². The number of hydrogen-bond donors (Lipinski definition) is 0. The van der Waals surface area contributed by atoms with Gasteiger partial charge in [0, 0.05) is 19.6 Å². The van der Waals surface area contributed by atoms with Crippen LogP contribution in [-0.4, -0.2) is 46.5 Å². The Morgan fingerprint density at radius 1 is 1.07 bits per heavy atom. The van der Waals surface area contributed by atoms with Crippen molar-refractivity contribution < 1.29 is 27.5 Å². The number of nitrogens with zero attached hydrogens (tertiary/aromatic N) is 2. The molecule has 29 heavy (non-hydrogen) atoms. The first-order valence-corrected chi connectivity index (χ1v) is 9.55. The van der Waals surface area contributed by atoms with Gasteiger partial charge in [-0.05, 0) is 37.8 Å². The molecule has 1 aromatic rings. The lowest BCUT2D eigenvalue weighted by Gasteiger charge is -2.37.